The standard InChI is InChI=1S/C17H19N3S/c1-12-16(20-8-9-21-17(20)19-12)11-18-15-7-6-13-4-2-3-5-14(13)10-15/h2-5,8-9,15,18H,6-7,10-11H2,1H3. The van der Waals surface area contributed by atoms with E-state index >= 15 is 0 Å². The number of hydrogen-bond donors (Lipinski definition) is 1. The molecule has 0 radical (unpaired) electrons. The fraction of sp³-hybridized carbons (Fsp3) is 0.353. The third-order valence-corrected chi connectivity index (χ3v) is 5.22. The summed E-state index contributed by atoms with van der Waals surface area (Å²) in [7, 11) is 0. The van der Waals surface area contributed by atoms with Crippen LogP contribution in [0.25, 0.3) is 4.96 Å². The minimum Gasteiger partial charge on any atom is -0.308 e. The minimum atomic E-state index is 0.573. The van der Waals surface area contributed by atoms with Gasteiger partial charge in [0.05, 0.1) is 11.4 Å². The summed E-state index contributed by atoms with van der Waals surface area (Å²) < 4.78 is 2.21. The highest BCUT2D eigenvalue weighted by Gasteiger charge is 2.18. The van der Waals surface area contributed by atoms with Gasteiger partial charge in [0.2, 0.25) is 0 Å². The van der Waals surface area contributed by atoms with Gasteiger partial charge in [0, 0.05) is 24.2 Å². The molecule has 1 N–H and O–H groups in total. The van der Waals surface area contributed by atoms with E-state index in [4.69, 9.17) is 0 Å². The molecule has 2 aromatic heterocycles. The largest absolute Gasteiger partial charge is 0.308 e. The maximum Gasteiger partial charge on any atom is 0.194 e. The Labute approximate surface area is 128 Å². The Balaban J connectivity index is 1.48. The molecule has 1 aliphatic carbocycles. The third kappa shape index (κ3) is 2.39. The summed E-state index contributed by atoms with van der Waals surface area (Å²) in [6.45, 7) is 3.00. The van der Waals surface area contributed by atoms with Gasteiger partial charge in [-0.1, -0.05) is 24.3 Å². The number of nitrogens with one attached hydrogen (secondary N) is 1. The summed E-state index contributed by atoms with van der Waals surface area (Å²) in [4.78, 5) is 5.71. The van der Waals surface area contributed by atoms with Gasteiger partial charge in [-0.15, -0.1) is 11.3 Å². The van der Waals surface area contributed by atoms with Gasteiger partial charge in [0.15, 0.2) is 4.96 Å². The molecule has 1 aliphatic rings. The fourth-order valence-electron chi connectivity index (χ4n) is 3.27. The molecular formula is C17H19N3S. The van der Waals surface area contributed by atoms with Crippen molar-refractivity contribution >= 4 is 16.3 Å². The molecule has 21 heavy (non-hydrogen) atoms. The molecule has 0 spiro atoms. The van der Waals surface area contributed by atoms with E-state index in [1.807, 2.05) is 0 Å². The van der Waals surface area contributed by atoms with Crippen LogP contribution < -0.4 is 5.32 Å². The number of hydrogen-bond acceptors (Lipinski definition) is 3. The molecule has 2 heterocycles. The van der Waals surface area contributed by atoms with E-state index in [-0.39, 0.29) is 0 Å². The van der Waals surface area contributed by atoms with Crippen molar-refractivity contribution in [3.8, 4) is 0 Å². The van der Waals surface area contributed by atoms with E-state index in [0.717, 1.165) is 23.6 Å². The lowest BCUT2D eigenvalue weighted by Gasteiger charge is -2.25. The molecule has 4 heteroatoms. The van der Waals surface area contributed by atoms with Crippen molar-refractivity contribution in [3.63, 3.8) is 0 Å². The topological polar surface area (TPSA) is 29.3 Å². The number of aromatic nitrogens is 2. The quantitative estimate of drug-likeness (QED) is 0.803. The van der Waals surface area contributed by atoms with Crippen LogP contribution in [0.4, 0.5) is 0 Å². The van der Waals surface area contributed by atoms with E-state index in [0.29, 0.717) is 6.04 Å². The number of fused-ring (bicyclic) bond motifs is 2. The first kappa shape index (κ1) is 13.0. The van der Waals surface area contributed by atoms with Crippen molar-refractivity contribution in [3.05, 3.63) is 58.4 Å². The molecule has 0 amide bonds. The number of aryl methyl sites for hydroxylation is 2. The van der Waals surface area contributed by atoms with Crippen LogP contribution in [-0.2, 0) is 19.4 Å². The molecule has 1 aromatic carbocycles. The summed E-state index contributed by atoms with van der Waals surface area (Å²) in [5, 5.41) is 5.83. The summed E-state index contributed by atoms with van der Waals surface area (Å²) in [5.41, 5.74) is 5.47. The Hall–Kier alpha value is -1.65. The van der Waals surface area contributed by atoms with Gasteiger partial charge < -0.3 is 5.32 Å². The molecule has 0 bridgehead atoms. The average Bonchev–Trinajstić information content (AvgIpc) is 3.06. The molecule has 108 valence electrons. The highest BCUT2D eigenvalue weighted by Crippen LogP contribution is 2.22. The summed E-state index contributed by atoms with van der Waals surface area (Å²) in [6, 6.07) is 9.40. The normalized spacial score (nSPS) is 18.0. The van der Waals surface area contributed by atoms with Crippen LogP contribution in [0.1, 0.15) is 28.9 Å². The predicted molar refractivity (Wildman–Crippen MR) is 86.9 cm³/mol. The molecule has 0 saturated heterocycles. The van der Waals surface area contributed by atoms with Crippen molar-refractivity contribution in [2.45, 2.75) is 38.8 Å². The van der Waals surface area contributed by atoms with Gasteiger partial charge in [0.1, 0.15) is 0 Å². The molecule has 1 unspecified atom stereocenters. The van der Waals surface area contributed by atoms with Crippen molar-refractivity contribution in [2.24, 2.45) is 0 Å². The van der Waals surface area contributed by atoms with Crippen molar-refractivity contribution in [2.75, 3.05) is 0 Å². The number of imidazole rings is 1. The monoisotopic (exact) mass is 297 g/mol. The van der Waals surface area contributed by atoms with Gasteiger partial charge in [-0.05, 0) is 37.3 Å². The molecule has 0 fully saturated rings. The first-order chi connectivity index (χ1) is 10.3. The second-order valence-corrected chi connectivity index (χ2v) is 6.66. The molecule has 1 atom stereocenters. The summed E-state index contributed by atoms with van der Waals surface area (Å²) in [6.07, 6.45) is 5.67. The Morgan fingerprint density at radius 1 is 1.33 bits per heavy atom. The molecule has 3 nitrogen and oxygen atoms in total. The first-order valence-corrected chi connectivity index (χ1v) is 8.40. The highest BCUT2D eigenvalue weighted by molar-refractivity contribution is 7.15. The zero-order valence-corrected chi connectivity index (χ0v) is 13.0. The van der Waals surface area contributed by atoms with Gasteiger partial charge in [0.25, 0.3) is 0 Å². The maximum atomic E-state index is 4.61. The van der Waals surface area contributed by atoms with E-state index in [2.05, 4.69) is 57.5 Å². The van der Waals surface area contributed by atoms with Gasteiger partial charge in [-0.25, -0.2) is 4.98 Å². The van der Waals surface area contributed by atoms with Crippen molar-refractivity contribution in [1.82, 2.24) is 14.7 Å². The zero-order valence-electron chi connectivity index (χ0n) is 12.2. The van der Waals surface area contributed by atoms with Crippen LogP contribution in [-0.4, -0.2) is 15.4 Å². The Morgan fingerprint density at radius 3 is 3.10 bits per heavy atom. The van der Waals surface area contributed by atoms with Crippen LogP contribution in [0.2, 0.25) is 0 Å². The second-order valence-electron chi connectivity index (χ2n) is 5.79. The van der Waals surface area contributed by atoms with Crippen LogP contribution >= 0.6 is 11.3 Å². The SMILES string of the molecule is Cc1nc2sccn2c1CNC1CCc2ccccc2C1. The van der Waals surface area contributed by atoms with Crippen LogP contribution in [0.15, 0.2) is 35.8 Å². The predicted octanol–water partition coefficient (Wildman–Crippen LogP) is 3.35. The lowest BCUT2D eigenvalue weighted by molar-refractivity contribution is 0.453. The van der Waals surface area contributed by atoms with E-state index < -0.39 is 0 Å². The smallest absolute Gasteiger partial charge is 0.194 e. The number of rotatable bonds is 3. The third-order valence-electron chi connectivity index (χ3n) is 4.47. The van der Waals surface area contributed by atoms with Gasteiger partial charge in [-0.3, -0.25) is 4.40 Å². The van der Waals surface area contributed by atoms with Crippen LogP contribution in [0.5, 0.6) is 0 Å². The Morgan fingerprint density at radius 2 is 2.19 bits per heavy atom. The van der Waals surface area contributed by atoms with Gasteiger partial charge >= 0.3 is 0 Å². The number of thiazole rings is 1. The summed E-state index contributed by atoms with van der Waals surface area (Å²) in [5.74, 6) is 0. The molecular weight excluding hydrogens is 278 g/mol. The fourth-order valence-corrected chi connectivity index (χ4v) is 4.05. The molecule has 0 aliphatic heterocycles. The van der Waals surface area contributed by atoms with Crippen molar-refractivity contribution < 1.29 is 0 Å². The zero-order chi connectivity index (χ0) is 14.2. The lowest BCUT2D eigenvalue weighted by atomic mass is 9.88. The maximum absolute atomic E-state index is 4.61. The second kappa shape index (κ2) is 5.28. The van der Waals surface area contributed by atoms with E-state index in [1.54, 1.807) is 11.3 Å². The lowest BCUT2D eigenvalue weighted by Crippen LogP contribution is -2.34. The Kier molecular flexibility index (Phi) is 3.28. The molecule has 0 saturated carbocycles. The van der Waals surface area contributed by atoms with Crippen LogP contribution in [0.3, 0.4) is 0 Å². The highest BCUT2D eigenvalue weighted by atomic mass is 32.1. The molecule has 3 aromatic rings. The number of benzene rings is 1. The van der Waals surface area contributed by atoms with E-state index in [9.17, 15) is 0 Å². The number of nitrogens with zero attached hydrogens (tertiary/aromatic N) is 2. The van der Waals surface area contributed by atoms with E-state index in [1.165, 1.54) is 29.7 Å². The first-order valence-electron chi connectivity index (χ1n) is 7.52. The summed E-state index contributed by atoms with van der Waals surface area (Å²) >= 11 is 1.70. The Bertz CT molecular complexity index is 771. The van der Waals surface area contributed by atoms with Crippen LogP contribution in [0, 0.1) is 6.92 Å². The average molecular weight is 297 g/mol. The minimum absolute atomic E-state index is 0.573. The molecule has 4 rings (SSSR count). The van der Waals surface area contributed by atoms with Crippen molar-refractivity contribution in [1.29, 1.82) is 0 Å². The van der Waals surface area contributed by atoms with Gasteiger partial charge in [-0.2, -0.15) is 0 Å².